The summed E-state index contributed by atoms with van der Waals surface area (Å²) in [6.07, 6.45) is -1.57. The normalized spacial score (nSPS) is 24.3. The van der Waals surface area contributed by atoms with Gasteiger partial charge in [-0.25, -0.2) is 4.79 Å². The van der Waals surface area contributed by atoms with E-state index in [0.717, 1.165) is 30.2 Å². The number of thioether (sulfide) groups is 1. The summed E-state index contributed by atoms with van der Waals surface area (Å²) in [6.45, 7) is 3.23. The van der Waals surface area contributed by atoms with Crippen LogP contribution in [0.25, 0.3) is 0 Å². The van der Waals surface area contributed by atoms with E-state index in [-0.39, 0.29) is 6.61 Å². The first kappa shape index (κ1) is 20.7. The van der Waals surface area contributed by atoms with Crippen molar-refractivity contribution in [2.45, 2.75) is 43.6 Å². The summed E-state index contributed by atoms with van der Waals surface area (Å²) in [5, 5.41) is -1.73. The van der Waals surface area contributed by atoms with Crippen molar-refractivity contribution < 1.29 is 33.0 Å². The number of rotatable bonds is 5. The van der Waals surface area contributed by atoms with E-state index in [1.165, 1.54) is 6.92 Å². The number of carbonyl (C=O) groups excluding carboxylic acids is 3. The number of H-pyrrole nitrogens is 1. The molecule has 2 heterocycles. The van der Waals surface area contributed by atoms with Gasteiger partial charge in [-0.05, 0) is 0 Å². The van der Waals surface area contributed by atoms with Gasteiger partial charge >= 0.3 is 23.6 Å². The SMILES string of the molecule is CC(=O)OC[C@@H]1S[C@H](n2cc(F)c(=O)[nH]c2=O)[C@@H](OC(C)=O)[C@H]1OC(C)=O. The molecule has 12 heteroatoms. The second-order valence-corrected chi connectivity index (χ2v) is 7.02. The molecule has 0 spiro atoms. The lowest BCUT2D eigenvalue weighted by molar-refractivity contribution is -0.166. The molecule has 0 saturated carbocycles. The maximum Gasteiger partial charge on any atom is 0.329 e. The van der Waals surface area contributed by atoms with E-state index in [1.54, 1.807) is 0 Å². The summed E-state index contributed by atoms with van der Waals surface area (Å²) in [5.74, 6) is -3.22. The summed E-state index contributed by atoms with van der Waals surface area (Å²) in [4.78, 5) is 59.3. The highest BCUT2D eigenvalue weighted by molar-refractivity contribution is 8.00. The molecule has 1 N–H and O–H groups in total. The van der Waals surface area contributed by atoms with Gasteiger partial charge in [0.2, 0.25) is 5.82 Å². The highest BCUT2D eigenvalue weighted by Crippen LogP contribution is 2.44. The van der Waals surface area contributed by atoms with Gasteiger partial charge in [-0.1, -0.05) is 0 Å². The Bertz CT molecular complexity index is 866. The molecule has 0 aromatic carbocycles. The number of nitrogens with zero attached hydrogens (tertiary/aromatic N) is 1. The highest BCUT2D eigenvalue weighted by atomic mass is 32.2. The molecule has 27 heavy (non-hydrogen) atoms. The van der Waals surface area contributed by atoms with Crippen molar-refractivity contribution >= 4 is 29.7 Å². The molecule has 0 aliphatic carbocycles. The van der Waals surface area contributed by atoms with Crippen LogP contribution in [0.2, 0.25) is 0 Å². The molecule has 0 unspecified atom stereocenters. The summed E-state index contributed by atoms with van der Waals surface area (Å²) in [7, 11) is 0. The summed E-state index contributed by atoms with van der Waals surface area (Å²) in [5.41, 5.74) is -2.14. The van der Waals surface area contributed by atoms with E-state index in [9.17, 15) is 28.4 Å². The van der Waals surface area contributed by atoms with Crippen LogP contribution in [0.1, 0.15) is 26.1 Å². The van der Waals surface area contributed by atoms with Crippen LogP contribution in [0.3, 0.4) is 0 Å². The first-order valence-corrected chi connectivity index (χ1v) is 8.68. The molecule has 10 nitrogen and oxygen atoms in total. The van der Waals surface area contributed by atoms with Gasteiger partial charge in [-0.3, -0.25) is 28.7 Å². The van der Waals surface area contributed by atoms with Crippen molar-refractivity contribution in [2.75, 3.05) is 6.61 Å². The topological polar surface area (TPSA) is 134 Å². The number of esters is 3. The van der Waals surface area contributed by atoms with E-state index in [1.807, 2.05) is 4.98 Å². The molecule has 4 atom stereocenters. The van der Waals surface area contributed by atoms with E-state index in [2.05, 4.69) is 0 Å². The molecule has 0 radical (unpaired) electrons. The first-order valence-electron chi connectivity index (χ1n) is 7.74. The lowest BCUT2D eigenvalue weighted by Gasteiger charge is -2.25. The highest BCUT2D eigenvalue weighted by Gasteiger charge is 2.50. The number of aromatic amines is 1. The minimum Gasteiger partial charge on any atom is -0.465 e. The average Bonchev–Trinajstić information content (AvgIpc) is 2.85. The predicted molar refractivity (Wildman–Crippen MR) is 89.4 cm³/mol. The third-order valence-electron chi connectivity index (χ3n) is 3.54. The Morgan fingerprint density at radius 2 is 1.70 bits per heavy atom. The number of ether oxygens (including phenoxy) is 3. The smallest absolute Gasteiger partial charge is 0.329 e. The number of aromatic nitrogens is 2. The molecule has 0 amide bonds. The predicted octanol–water partition coefficient (Wildman–Crippen LogP) is -0.284. The van der Waals surface area contributed by atoms with Gasteiger partial charge in [0, 0.05) is 20.8 Å². The van der Waals surface area contributed by atoms with Gasteiger partial charge in [-0.2, -0.15) is 4.39 Å². The van der Waals surface area contributed by atoms with Crippen LogP contribution in [-0.2, 0) is 28.6 Å². The van der Waals surface area contributed by atoms with Crippen molar-refractivity contribution in [1.29, 1.82) is 0 Å². The second kappa shape index (κ2) is 8.37. The van der Waals surface area contributed by atoms with Crippen molar-refractivity contribution in [3.63, 3.8) is 0 Å². The van der Waals surface area contributed by atoms with Crippen LogP contribution in [0.15, 0.2) is 15.8 Å². The lowest BCUT2D eigenvalue weighted by Crippen LogP contribution is -2.42. The van der Waals surface area contributed by atoms with E-state index >= 15 is 0 Å². The number of hydrogen-bond donors (Lipinski definition) is 1. The zero-order valence-corrected chi connectivity index (χ0v) is 15.4. The van der Waals surface area contributed by atoms with Crippen LogP contribution in [0.4, 0.5) is 4.39 Å². The van der Waals surface area contributed by atoms with Gasteiger partial charge in [0.15, 0.2) is 12.2 Å². The molecule has 1 aliphatic rings. The van der Waals surface area contributed by atoms with Crippen LogP contribution in [-0.4, -0.2) is 51.5 Å². The molecular formula is C15H17FN2O8S. The van der Waals surface area contributed by atoms with Crippen LogP contribution in [0, 0.1) is 5.82 Å². The molecule has 0 bridgehead atoms. The summed E-state index contributed by atoms with van der Waals surface area (Å²) >= 11 is 0.977. The van der Waals surface area contributed by atoms with E-state index < -0.39 is 57.8 Å². The van der Waals surface area contributed by atoms with Crippen molar-refractivity contribution in [1.82, 2.24) is 9.55 Å². The Hall–Kier alpha value is -2.63. The lowest BCUT2D eigenvalue weighted by atomic mass is 10.1. The molecule has 1 aromatic rings. The van der Waals surface area contributed by atoms with Gasteiger partial charge < -0.3 is 14.2 Å². The van der Waals surface area contributed by atoms with E-state index in [4.69, 9.17) is 14.2 Å². The molecule has 1 fully saturated rings. The molecular weight excluding hydrogens is 387 g/mol. The van der Waals surface area contributed by atoms with Crippen molar-refractivity contribution in [3.8, 4) is 0 Å². The number of hydrogen-bond acceptors (Lipinski definition) is 9. The van der Waals surface area contributed by atoms with Crippen molar-refractivity contribution in [3.05, 3.63) is 32.9 Å². The average molecular weight is 404 g/mol. The maximum atomic E-state index is 13.7. The summed E-state index contributed by atoms with van der Waals surface area (Å²) < 4.78 is 29.9. The van der Waals surface area contributed by atoms with Crippen molar-refractivity contribution in [2.24, 2.45) is 0 Å². The largest absolute Gasteiger partial charge is 0.465 e. The quantitative estimate of drug-likeness (QED) is 0.519. The standard InChI is InChI=1S/C15H17FN2O8S/c1-6(19)24-5-10-11(25-7(2)20)12(26-8(3)21)14(27-10)18-4-9(16)13(22)17-15(18)23/h4,10-12,14H,5H2,1-3H3,(H,17,22,23)/t10-,11-,12-,14-/m0/s1. The number of nitrogens with one attached hydrogen (secondary N) is 1. The molecule has 1 aromatic heterocycles. The number of halogens is 1. The maximum absolute atomic E-state index is 13.7. The third kappa shape index (κ3) is 4.96. The zero-order chi connectivity index (χ0) is 20.3. The Balaban J connectivity index is 2.47. The van der Waals surface area contributed by atoms with Crippen LogP contribution in [0.5, 0.6) is 0 Å². The van der Waals surface area contributed by atoms with Crippen LogP contribution < -0.4 is 11.2 Å². The third-order valence-corrected chi connectivity index (χ3v) is 5.07. The second-order valence-electron chi connectivity index (χ2n) is 5.66. The van der Waals surface area contributed by atoms with Gasteiger partial charge in [-0.15, -0.1) is 11.8 Å². The first-order chi connectivity index (χ1) is 12.6. The minimum atomic E-state index is -1.22. The Labute approximate surface area is 156 Å². The molecule has 148 valence electrons. The summed E-state index contributed by atoms with van der Waals surface area (Å²) in [6, 6.07) is 0. The molecule has 1 saturated heterocycles. The Morgan fingerprint density at radius 1 is 1.11 bits per heavy atom. The van der Waals surface area contributed by atoms with Gasteiger partial charge in [0.1, 0.15) is 12.0 Å². The monoisotopic (exact) mass is 404 g/mol. The van der Waals surface area contributed by atoms with Gasteiger partial charge in [0.05, 0.1) is 11.4 Å². The fourth-order valence-corrected chi connectivity index (χ4v) is 4.09. The minimum absolute atomic E-state index is 0.202. The van der Waals surface area contributed by atoms with Crippen LogP contribution >= 0.6 is 11.8 Å². The Morgan fingerprint density at radius 3 is 2.26 bits per heavy atom. The fourth-order valence-electron chi connectivity index (χ4n) is 2.57. The molecule has 1 aliphatic heterocycles. The van der Waals surface area contributed by atoms with E-state index in [0.29, 0.717) is 6.20 Å². The zero-order valence-electron chi connectivity index (χ0n) is 14.6. The Kier molecular flexibility index (Phi) is 6.41. The number of carbonyl (C=O) groups is 3. The molecule has 2 rings (SSSR count). The fraction of sp³-hybridized carbons (Fsp3) is 0.533. The van der Waals surface area contributed by atoms with Gasteiger partial charge in [0.25, 0.3) is 5.56 Å².